The zero-order chi connectivity index (χ0) is 21.8. The molecule has 1 N–H and O–H groups in total. The maximum Gasteiger partial charge on any atom is 0.573 e. The lowest BCUT2D eigenvalue weighted by Gasteiger charge is -2.13. The minimum atomic E-state index is -4.81. The largest absolute Gasteiger partial charge is 0.573 e. The van der Waals surface area contributed by atoms with Crippen LogP contribution in [0.1, 0.15) is 18.2 Å². The molecule has 7 nitrogen and oxygen atoms in total. The summed E-state index contributed by atoms with van der Waals surface area (Å²) in [5.41, 5.74) is 1.37. The fraction of sp³-hybridized carbons (Fsp3) is 0.278. The summed E-state index contributed by atoms with van der Waals surface area (Å²) in [6.45, 7) is 3.07. The number of benzene rings is 1. The first-order valence-electron chi connectivity index (χ1n) is 8.20. The van der Waals surface area contributed by atoms with Crippen molar-refractivity contribution in [2.24, 2.45) is 7.05 Å². The molecule has 0 aliphatic carbocycles. The van der Waals surface area contributed by atoms with Crippen LogP contribution in [0.15, 0.2) is 30.3 Å². The van der Waals surface area contributed by atoms with Crippen LogP contribution in [0.2, 0.25) is 5.15 Å². The van der Waals surface area contributed by atoms with Crippen molar-refractivity contribution in [2.75, 3.05) is 5.32 Å². The van der Waals surface area contributed by atoms with Gasteiger partial charge in [-0.05, 0) is 44.2 Å². The summed E-state index contributed by atoms with van der Waals surface area (Å²) in [7, 11) is 1.65. The van der Waals surface area contributed by atoms with Gasteiger partial charge in [-0.3, -0.25) is 9.48 Å². The Morgan fingerprint density at radius 2 is 1.90 bits per heavy atom. The summed E-state index contributed by atoms with van der Waals surface area (Å²) in [5, 5.41) is 6.86. The summed E-state index contributed by atoms with van der Waals surface area (Å²) >= 11 is 6.05. The second-order valence-corrected chi connectivity index (χ2v) is 6.25. The number of anilines is 1. The number of aromatic nitrogens is 2. The molecule has 0 aliphatic heterocycles. The highest BCUT2D eigenvalue weighted by Crippen LogP contribution is 2.24. The summed E-state index contributed by atoms with van der Waals surface area (Å²) in [6.07, 6.45) is -3.41. The van der Waals surface area contributed by atoms with Crippen LogP contribution in [-0.4, -0.2) is 34.1 Å². The average Bonchev–Trinajstić information content (AvgIpc) is 2.85. The molecule has 0 spiro atoms. The van der Waals surface area contributed by atoms with Gasteiger partial charge in [0.05, 0.1) is 5.69 Å². The van der Waals surface area contributed by atoms with Crippen LogP contribution >= 0.6 is 11.6 Å². The lowest BCUT2D eigenvalue weighted by atomic mass is 10.2. The van der Waals surface area contributed by atoms with Crippen molar-refractivity contribution in [1.82, 2.24) is 9.78 Å². The van der Waals surface area contributed by atoms with Gasteiger partial charge < -0.3 is 14.8 Å². The van der Waals surface area contributed by atoms with Crippen molar-refractivity contribution in [3.8, 4) is 5.75 Å². The van der Waals surface area contributed by atoms with Crippen molar-refractivity contribution in [3.05, 3.63) is 46.8 Å². The first-order chi connectivity index (χ1) is 13.5. The van der Waals surface area contributed by atoms with E-state index in [1.807, 2.05) is 0 Å². The number of carbonyl (C=O) groups is 2. The number of alkyl halides is 3. The number of nitrogens with one attached hydrogen (secondary N) is 1. The van der Waals surface area contributed by atoms with Gasteiger partial charge in [-0.2, -0.15) is 5.10 Å². The number of carbonyl (C=O) groups excluding carboxylic acids is 2. The zero-order valence-electron chi connectivity index (χ0n) is 15.6. The van der Waals surface area contributed by atoms with Gasteiger partial charge in [0.2, 0.25) is 0 Å². The molecule has 1 amide bonds. The van der Waals surface area contributed by atoms with Gasteiger partial charge in [-0.25, -0.2) is 4.79 Å². The number of aryl methyl sites for hydroxylation is 2. The van der Waals surface area contributed by atoms with E-state index in [1.54, 1.807) is 14.0 Å². The molecule has 1 unspecified atom stereocenters. The van der Waals surface area contributed by atoms with Gasteiger partial charge in [0, 0.05) is 24.4 Å². The molecule has 0 fully saturated rings. The molecule has 156 valence electrons. The predicted molar refractivity (Wildman–Crippen MR) is 99.3 cm³/mol. The van der Waals surface area contributed by atoms with Crippen LogP contribution in [0.5, 0.6) is 5.75 Å². The van der Waals surface area contributed by atoms with E-state index in [1.165, 1.54) is 29.8 Å². The monoisotopic (exact) mass is 431 g/mol. The second kappa shape index (κ2) is 8.99. The van der Waals surface area contributed by atoms with E-state index in [2.05, 4.69) is 15.2 Å². The summed E-state index contributed by atoms with van der Waals surface area (Å²) in [4.78, 5) is 24.0. The van der Waals surface area contributed by atoms with Gasteiger partial charge in [0.1, 0.15) is 10.9 Å². The lowest BCUT2D eigenvalue weighted by molar-refractivity contribution is -0.274. The van der Waals surface area contributed by atoms with Gasteiger partial charge in [-0.1, -0.05) is 11.6 Å². The predicted octanol–water partition coefficient (Wildman–Crippen LogP) is 3.86. The van der Waals surface area contributed by atoms with Gasteiger partial charge in [-0.15, -0.1) is 13.2 Å². The Kier molecular flexibility index (Phi) is 6.91. The van der Waals surface area contributed by atoms with Crippen molar-refractivity contribution in [3.63, 3.8) is 0 Å². The Bertz CT molecular complexity index is 924. The summed E-state index contributed by atoms with van der Waals surface area (Å²) in [6, 6.07) is 4.53. The van der Waals surface area contributed by atoms with E-state index >= 15 is 0 Å². The minimum absolute atomic E-state index is 0.209. The Morgan fingerprint density at radius 3 is 2.41 bits per heavy atom. The molecule has 1 atom stereocenters. The number of hydrogen-bond donors (Lipinski definition) is 1. The molecule has 2 rings (SSSR count). The third kappa shape index (κ3) is 6.53. The highest BCUT2D eigenvalue weighted by atomic mass is 35.5. The molecule has 1 aromatic heterocycles. The normalized spacial score (nSPS) is 12.7. The van der Waals surface area contributed by atoms with Crippen LogP contribution < -0.4 is 10.1 Å². The standard InChI is InChI=1S/C18H17ClF3N3O4/c1-10-14(16(19)25(3)24-10)8-9-15(26)28-11(2)17(27)23-12-4-6-13(7-5-12)29-18(20,21)22/h4-9,11H,1-3H3,(H,23,27)/b9-8+. The zero-order valence-corrected chi connectivity index (χ0v) is 16.3. The first kappa shape index (κ1) is 22.3. The number of hydrogen-bond acceptors (Lipinski definition) is 5. The van der Waals surface area contributed by atoms with Gasteiger partial charge in [0.25, 0.3) is 5.91 Å². The SMILES string of the molecule is Cc1nn(C)c(Cl)c1/C=C/C(=O)OC(C)C(=O)Nc1ccc(OC(F)(F)F)cc1. The smallest absolute Gasteiger partial charge is 0.449 e. The number of halogens is 4. The summed E-state index contributed by atoms with van der Waals surface area (Å²) < 4.78 is 46.6. The molecule has 0 aliphatic rings. The van der Waals surface area contributed by atoms with E-state index in [9.17, 15) is 22.8 Å². The van der Waals surface area contributed by atoms with E-state index in [0.29, 0.717) is 16.4 Å². The number of esters is 1. The van der Waals surface area contributed by atoms with Crippen molar-refractivity contribution in [2.45, 2.75) is 26.3 Å². The molecule has 0 radical (unpaired) electrons. The molecule has 29 heavy (non-hydrogen) atoms. The maximum atomic E-state index is 12.1. The molecule has 0 saturated heterocycles. The van der Waals surface area contributed by atoms with E-state index in [4.69, 9.17) is 16.3 Å². The fourth-order valence-electron chi connectivity index (χ4n) is 2.24. The van der Waals surface area contributed by atoms with Crippen molar-refractivity contribution < 1.29 is 32.2 Å². The van der Waals surface area contributed by atoms with Gasteiger partial charge in [0.15, 0.2) is 6.10 Å². The van der Waals surface area contributed by atoms with Gasteiger partial charge >= 0.3 is 12.3 Å². The number of amides is 1. The van der Waals surface area contributed by atoms with Crippen LogP contribution in [0, 0.1) is 6.92 Å². The highest BCUT2D eigenvalue weighted by Gasteiger charge is 2.31. The topological polar surface area (TPSA) is 82.5 Å². The maximum absolute atomic E-state index is 12.1. The molecule has 11 heteroatoms. The van der Waals surface area contributed by atoms with E-state index < -0.39 is 30.1 Å². The molecule has 1 aromatic carbocycles. The van der Waals surface area contributed by atoms with Crippen molar-refractivity contribution >= 4 is 35.2 Å². The molecule has 2 aromatic rings. The highest BCUT2D eigenvalue weighted by molar-refractivity contribution is 6.31. The Balaban J connectivity index is 1.91. The molecular weight excluding hydrogens is 415 g/mol. The van der Waals surface area contributed by atoms with Crippen molar-refractivity contribution in [1.29, 1.82) is 0 Å². The van der Waals surface area contributed by atoms with Crippen LogP contribution in [0.25, 0.3) is 6.08 Å². The van der Waals surface area contributed by atoms with E-state index in [0.717, 1.165) is 18.2 Å². The molecule has 1 heterocycles. The summed E-state index contributed by atoms with van der Waals surface area (Å²) in [5.74, 6) is -1.86. The van der Waals surface area contributed by atoms with Crippen LogP contribution in [0.4, 0.5) is 18.9 Å². The molecule has 0 bridgehead atoms. The lowest BCUT2D eigenvalue weighted by Crippen LogP contribution is -2.29. The average molecular weight is 432 g/mol. The first-order valence-corrected chi connectivity index (χ1v) is 8.58. The number of rotatable bonds is 6. The third-order valence-corrected chi connectivity index (χ3v) is 4.05. The quantitative estimate of drug-likeness (QED) is 0.554. The Hall–Kier alpha value is -3.01. The molecule has 0 saturated carbocycles. The third-order valence-electron chi connectivity index (χ3n) is 3.60. The number of nitrogens with zero attached hydrogens (tertiary/aromatic N) is 2. The van der Waals surface area contributed by atoms with E-state index in [-0.39, 0.29) is 5.69 Å². The van der Waals surface area contributed by atoms with Crippen LogP contribution in [-0.2, 0) is 21.4 Å². The number of ether oxygens (including phenoxy) is 2. The second-order valence-electron chi connectivity index (χ2n) is 5.89. The Morgan fingerprint density at radius 1 is 1.28 bits per heavy atom. The minimum Gasteiger partial charge on any atom is -0.449 e. The molecular formula is C18H17ClF3N3O4. The Labute approximate surface area is 169 Å². The fourth-order valence-corrected chi connectivity index (χ4v) is 2.48. The van der Waals surface area contributed by atoms with Crippen LogP contribution in [0.3, 0.4) is 0 Å².